The molecule has 0 bridgehead atoms. The minimum absolute atomic E-state index is 0.00504. The lowest BCUT2D eigenvalue weighted by molar-refractivity contribution is -0.139. The number of carbonyl (C=O) groups excluding carboxylic acids is 2. The number of aliphatic hydroxyl groups is 1. The number of ether oxygens (including phenoxy) is 1. The summed E-state index contributed by atoms with van der Waals surface area (Å²) in [6.07, 6.45) is 2.51. The number of benzene rings is 3. The van der Waals surface area contributed by atoms with Gasteiger partial charge in [0.25, 0.3) is 5.91 Å². The zero-order chi connectivity index (χ0) is 29.6. The average molecular weight is 624 g/mol. The summed E-state index contributed by atoms with van der Waals surface area (Å²) in [6.45, 7) is 1.74. The molecule has 10 heteroatoms. The SMILES string of the molecule is Cc1ccc(SC(=O)c2cc(F)c3c(c2)C(=O)N(Cc2ccc(Cl)cn2)C3(OCC2(O)CC2)c2ccc(Cl)cc2)cc1. The third kappa shape index (κ3) is 5.45. The Hall–Kier alpha value is -3.27. The number of halogens is 3. The summed E-state index contributed by atoms with van der Waals surface area (Å²) in [5, 5.41) is 11.2. The van der Waals surface area contributed by atoms with Crippen LogP contribution in [0.15, 0.2) is 83.9 Å². The molecule has 2 heterocycles. The van der Waals surface area contributed by atoms with Gasteiger partial charge < -0.3 is 9.84 Å². The predicted octanol–water partition coefficient (Wildman–Crippen LogP) is 7.17. The summed E-state index contributed by atoms with van der Waals surface area (Å²) >= 11 is 13.2. The summed E-state index contributed by atoms with van der Waals surface area (Å²) in [5.41, 5.74) is -0.880. The largest absolute Gasteiger partial charge is 0.387 e. The van der Waals surface area contributed by atoms with Crippen LogP contribution in [0.2, 0.25) is 10.0 Å². The molecule has 0 spiro atoms. The van der Waals surface area contributed by atoms with Crippen LogP contribution in [0.5, 0.6) is 0 Å². The van der Waals surface area contributed by atoms with E-state index in [-0.39, 0.29) is 29.8 Å². The minimum Gasteiger partial charge on any atom is -0.387 e. The highest BCUT2D eigenvalue weighted by Gasteiger charge is 2.56. The lowest BCUT2D eigenvalue weighted by Crippen LogP contribution is -2.48. The molecule has 2 aliphatic rings. The lowest BCUT2D eigenvalue weighted by atomic mass is 9.91. The number of aromatic nitrogens is 1. The first kappa shape index (κ1) is 28.8. The first-order valence-electron chi connectivity index (χ1n) is 13.3. The molecule has 0 radical (unpaired) electrons. The molecular weight excluding hydrogens is 598 g/mol. The molecule has 1 fully saturated rings. The van der Waals surface area contributed by atoms with Crippen LogP contribution in [0.3, 0.4) is 0 Å². The summed E-state index contributed by atoms with van der Waals surface area (Å²) in [4.78, 5) is 33.9. The molecule has 6 rings (SSSR count). The van der Waals surface area contributed by atoms with Gasteiger partial charge in [0, 0.05) is 27.2 Å². The second-order valence-corrected chi connectivity index (χ2v) is 12.5. The van der Waals surface area contributed by atoms with Gasteiger partial charge in [-0.3, -0.25) is 19.5 Å². The number of rotatable bonds is 8. The van der Waals surface area contributed by atoms with Crippen LogP contribution in [0.25, 0.3) is 0 Å². The molecule has 3 aromatic carbocycles. The Morgan fingerprint density at radius 3 is 2.38 bits per heavy atom. The number of fused-ring (bicyclic) bond motifs is 1. The molecule has 1 atom stereocenters. The minimum atomic E-state index is -1.77. The number of nitrogens with zero attached hydrogens (tertiary/aromatic N) is 2. The topological polar surface area (TPSA) is 79.7 Å². The van der Waals surface area contributed by atoms with Crippen molar-refractivity contribution in [2.45, 2.75) is 42.5 Å². The molecule has 6 nitrogen and oxygen atoms in total. The Kier molecular flexibility index (Phi) is 7.62. The van der Waals surface area contributed by atoms with Crippen LogP contribution in [0, 0.1) is 12.7 Å². The third-order valence-corrected chi connectivity index (χ3v) is 8.88. The summed E-state index contributed by atoms with van der Waals surface area (Å²) in [5.74, 6) is -1.33. The second-order valence-electron chi connectivity index (χ2n) is 10.6. The van der Waals surface area contributed by atoms with Gasteiger partial charge in [0.15, 0.2) is 5.72 Å². The van der Waals surface area contributed by atoms with E-state index < -0.39 is 28.2 Å². The maximum atomic E-state index is 16.4. The molecule has 1 aromatic heterocycles. The van der Waals surface area contributed by atoms with Crippen molar-refractivity contribution in [1.82, 2.24) is 9.88 Å². The molecule has 214 valence electrons. The van der Waals surface area contributed by atoms with Gasteiger partial charge in [-0.05, 0) is 80.1 Å². The molecule has 42 heavy (non-hydrogen) atoms. The molecule has 1 aliphatic heterocycles. The van der Waals surface area contributed by atoms with Crippen molar-refractivity contribution in [2.75, 3.05) is 6.61 Å². The lowest BCUT2D eigenvalue weighted by Gasteiger charge is -2.40. The van der Waals surface area contributed by atoms with Crippen molar-refractivity contribution in [3.63, 3.8) is 0 Å². The van der Waals surface area contributed by atoms with Crippen molar-refractivity contribution in [1.29, 1.82) is 0 Å². The van der Waals surface area contributed by atoms with Gasteiger partial charge >= 0.3 is 0 Å². The van der Waals surface area contributed by atoms with Crippen LogP contribution in [0.4, 0.5) is 4.39 Å². The van der Waals surface area contributed by atoms with Gasteiger partial charge in [0.1, 0.15) is 5.82 Å². The van der Waals surface area contributed by atoms with Crippen LogP contribution in [0.1, 0.15) is 55.9 Å². The first-order valence-corrected chi connectivity index (χ1v) is 14.8. The van der Waals surface area contributed by atoms with Gasteiger partial charge in [0.2, 0.25) is 5.12 Å². The predicted molar refractivity (Wildman–Crippen MR) is 159 cm³/mol. The van der Waals surface area contributed by atoms with Crippen LogP contribution < -0.4 is 0 Å². The first-order chi connectivity index (χ1) is 20.1. The fourth-order valence-corrected chi connectivity index (χ4v) is 5.97. The normalized spacial score (nSPS) is 18.7. The summed E-state index contributed by atoms with van der Waals surface area (Å²) < 4.78 is 22.9. The van der Waals surface area contributed by atoms with E-state index >= 15 is 4.39 Å². The summed E-state index contributed by atoms with van der Waals surface area (Å²) in [7, 11) is 0. The van der Waals surface area contributed by atoms with Crippen molar-refractivity contribution in [3.8, 4) is 0 Å². The molecule has 1 saturated carbocycles. The maximum Gasteiger partial charge on any atom is 0.257 e. The molecule has 4 aromatic rings. The number of hydrogen-bond acceptors (Lipinski definition) is 6. The van der Waals surface area contributed by atoms with Crippen LogP contribution in [-0.2, 0) is 17.0 Å². The van der Waals surface area contributed by atoms with Gasteiger partial charge in [-0.25, -0.2) is 4.39 Å². The molecule has 0 saturated heterocycles. The zero-order valence-corrected chi connectivity index (χ0v) is 24.8. The number of amides is 1. The fourth-order valence-electron chi connectivity index (χ4n) is 5.02. The Morgan fingerprint density at radius 1 is 1.05 bits per heavy atom. The third-order valence-electron chi connectivity index (χ3n) is 7.47. The zero-order valence-electron chi connectivity index (χ0n) is 22.4. The standard InChI is InChI=1S/C32H25Cl2FN2O4S/c1-19-2-10-25(11-3-19)42-30(39)20-14-26-28(27(35)15-20)32(41-18-31(40)12-13-31,21-4-6-22(33)7-5-21)37(29(26)38)17-24-9-8-23(34)16-36-24/h2-11,14-16,40H,12-13,17-18H2,1H3. The van der Waals surface area contributed by atoms with Gasteiger partial charge in [0.05, 0.1) is 40.6 Å². The molecule has 1 aliphatic carbocycles. The Labute approximate surface area is 256 Å². The molecular formula is C32H25Cl2FN2O4S. The van der Waals surface area contributed by atoms with Crippen molar-refractivity contribution in [3.05, 3.63) is 128 Å². The van der Waals surface area contributed by atoms with E-state index in [0.717, 1.165) is 23.4 Å². The van der Waals surface area contributed by atoms with E-state index in [1.54, 1.807) is 36.4 Å². The van der Waals surface area contributed by atoms with Gasteiger partial charge in [-0.15, -0.1) is 0 Å². The number of pyridine rings is 1. The number of hydrogen-bond donors (Lipinski definition) is 1. The Bertz CT molecular complexity index is 1680. The molecule has 1 N–H and O–H groups in total. The quantitative estimate of drug-likeness (QED) is 0.210. The van der Waals surface area contributed by atoms with E-state index in [0.29, 0.717) is 39.0 Å². The van der Waals surface area contributed by atoms with Crippen LogP contribution >= 0.6 is 35.0 Å². The highest BCUT2D eigenvalue weighted by atomic mass is 35.5. The number of thioether (sulfide) groups is 1. The Balaban J connectivity index is 1.49. The van der Waals surface area contributed by atoms with Gasteiger partial charge in [-0.2, -0.15) is 0 Å². The van der Waals surface area contributed by atoms with Gasteiger partial charge in [-0.1, -0.05) is 53.0 Å². The number of aryl methyl sites for hydroxylation is 1. The van der Waals surface area contributed by atoms with E-state index in [1.165, 1.54) is 17.2 Å². The highest BCUT2D eigenvalue weighted by Crippen LogP contribution is 2.50. The summed E-state index contributed by atoms with van der Waals surface area (Å²) in [6, 6.07) is 19.9. The van der Waals surface area contributed by atoms with E-state index in [9.17, 15) is 14.7 Å². The van der Waals surface area contributed by atoms with Crippen molar-refractivity contribution < 1.29 is 23.8 Å². The van der Waals surface area contributed by atoms with E-state index in [2.05, 4.69) is 4.98 Å². The number of carbonyl (C=O) groups is 2. The highest BCUT2D eigenvalue weighted by molar-refractivity contribution is 8.14. The smallest absolute Gasteiger partial charge is 0.257 e. The van der Waals surface area contributed by atoms with E-state index in [4.69, 9.17) is 27.9 Å². The molecule has 1 unspecified atom stereocenters. The fraction of sp³-hybridized carbons (Fsp3) is 0.219. The van der Waals surface area contributed by atoms with Crippen molar-refractivity contribution in [2.24, 2.45) is 0 Å². The van der Waals surface area contributed by atoms with Crippen molar-refractivity contribution >= 4 is 46.0 Å². The average Bonchev–Trinajstić information content (AvgIpc) is 3.66. The van der Waals surface area contributed by atoms with Crippen LogP contribution in [-0.4, -0.2) is 38.2 Å². The van der Waals surface area contributed by atoms with E-state index in [1.807, 2.05) is 31.2 Å². The second kappa shape index (κ2) is 11.1. The maximum absolute atomic E-state index is 16.4. The molecule has 1 amide bonds. The Morgan fingerprint density at radius 2 is 1.74 bits per heavy atom. The monoisotopic (exact) mass is 622 g/mol.